The van der Waals surface area contributed by atoms with Crippen LogP contribution in [-0.4, -0.2) is 11.1 Å². The van der Waals surface area contributed by atoms with Gasteiger partial charge < -0.3 is 10.8 Å². The Bertz CT molecular complexity index is 404. The van der Waals surface area contributed by atoms with Gasteiger partial charge in [-0.3, -0.25) is 0 Å². The molecule has 0 aliphatic rings. The second-order valence-corrected chi connectivity index (χ2v) is 2.92. The summed E-state index contributed by atoms with van der Waals surface area (Å²) in [7, 11) is 0. The average Bonchev–Trinajstić information content (AvgIpc) is 2.13. The number of carboxylic acid groups (broad SMARTS) is 1. The summed E-state index contributed by atoms with van der Waals surface area (Å²) in [5.41, 5.74) is 5.46. The predicted octanol–water partition coefficient (Wildman–Crippen LogP) is 2.16. The molecule has 1 aromatic carbocycles. The van der Waals surface area contributed by atoms with E-state index in [-0.39, 0.29) is 16.3 Å². The van der Waals surface area contributed by atoms with Crippen LogP contribution >= 0.6 is 11.6 Å². The Balaban J connectivity index is 3.12. The molecule has 0 aliphatic heterocycles. The lowest BCUT2D eigenvalue weighted by Gasteiger charge is -2.01. The summed E-state index contributed by atoms with van der Waals surface area (Å²) in [6.07, 6.45) is 2.07. The lowest BCUT2D eigenvalue weighted by atomic mass is 10.2. The number of nitrogens with two attached hydrogens (primary N) is 1. The standard InChI is InChI=1S/C9H7ClFNO2/c10-8-5(2-4-7(13)14)1-3-6(12)9(8)11/h1-4H,12H2,(H,13,14). The molecule has 1 aromatic rings. The van der Waals surface area contributed by atoms with Gasteiger partial charge in [-0.15, -0.1) is 0 Å². The Hall–Kier alpha value is -1.55. The van der Waals surface area contributed by atoms with E-state index in [0.29, 0.717) is 0 Å². The zero-order valence-electron chi connectivity index (χ0n) is 7.00. The summed E-state index contributed by atoms with van der Waals surface area (Å²) in [5, 5.41) is 8.16. The monoisotopic (exact) mass is 215 g/mol. The van der Waals surface area contributed by atoms with Gasteiger partial charge in [0.05, 0.1) is 10.7 Å². The highest BCUT2D eigenvalue weighted by Gasteiger charge is 2.07. The van der Waals surface area contributed by atoms with Crippen molar-refractivity contribution in [1.29, 1.82) is 0 Å². The fraction of sp³-hybridized carbons (Fsp3) is 0. The molecule has 1 rings (SSSR count). The number of hydrogen-bond donors (Lipinski definition) is 2. The minimum absolute atomic E-state index is 0.0672. The smallest absolute Gasteiger partial charge is 0.328 e. The molecule has 0 heterocycles. The molecule has 74 valence electrons. The topological polar surface area (TPSA) is 63.3 Å². The van der Waals surface area contributed by atoms with E-state index in [9.17, 15) is 9.18 Å². The maximum Gasteiger partial charge on any atom is 0.328 e. The third kappa shape index (κ3) is 2.23. The van der Waals surface area contributed by atoms with Crippen LogP contribution in [0.1, 0.15) is 5.56 Å². The van der Waals surface area contributed by atoms with Crippen LogP contribution in [0.25, 0.3) is 6.08 Å². The molecule has 0 atom stereocenters. The van der Waals surface area contributed by atoms with Gasteiger partial charge in [-0.2, -0.15) is 0 Å². The summed E-state index contributed by atoms with van der Waals surface area (Å²) in [6, 6.07) is 2.77. The van der Waals surface area contributed by atoms with Gasteiger partial charge in [0.2, 0.25) is 0 Å². The van der Waals surface area contributed by atoms with Crippen molar-refractivity contribution < 1.29 is 14.3 Å². The number of aliphatic carboxylic acids is 1. The first kappa shape index (κ1) is 10.5. The first-order valence-corrected chi connectivity index (χ1v) is 4.04. The number of carboxylic acids is 1. The van der Waals surface area contributed by atoms with Gasteiger partial charge in [0.15, 0.2) is 5.82 Å². The molecule has 0 bridgehead atoms. The molecule has 5 heteroatoms. The molecule has 0 aliphatic carbocycles. The van der Waals surface area contributed by atoms with E-state index in [1.807, 2.05) is 0 Å². The summed E-state index contributed by atoms with van der Waals surface area (Å²) >= 11 is 5.58. The van der Waals surface area contributed by atoms with E-state index in [4.69, 9.17) is 22.4 Å². The molecular weight excluding hydrogens is 209 g/mol. The molecule has 3 N–H and O–H groups in total. The Labute approximate surface area is 84.6 Å². The number of carbonyl (C=O) groups is 1. The van der Waals surface area contributed by atoms with E-state index in [1.165, 1.54) is 18.2 Å². The van der Waals surface area contributed by atoms with Crippen molar-refractivity contribution in [3.8, 4) is 0 Å². The maximum absolute atomic E-state index is 13.1. The summed E-state index contributed by atoms with van der Waals surface area (Å²) in [4.78, 5) is 10.2. The molecule has 0 spiro atoms. The summed E-state index contributed by atoms with van der Waals surface area (Å²) < 4.78 is 13.1. The number of anilines is 1. The van der Waals surface area contributed by atoms with Crippen molar-refractivity contribution in [3.63, 3.8) is 0 Å². The molecule has 0 radical (unpaired) electrons. The minimum atomic E-state index is -1.13. The minimum Gasteiger partial charge on any atom is -0.478 e. The number of rotatable bonds is 2. The third-order valence-electron chi connectivity index (χ3n) is 1.55. The second-order valence-electron chi connectivity index (χ2n) is 2.54. The van der Waals surface area contributed by atoms with E-state index in [2.05, 4.69) is 0 Å². The van der Waals surface area contributed by atoms with Crippen LogP contribution in [0.2, 0.25) is 5.02 Å². The molecular formula is C9H7ClFNO2. The van der Waals surface area contributed by atoms with Crippen LogP contribution in [0.4, 0.5) is 10.1 Å². The Morgan fingerprint density at radius 3 is 2.79 bits per heavy atom. The first-order valence-electron chi connectivity index (χ1n) is 3.67. The van der Waals surface area contributed by atoms with Crippen molar-refractivity contribution in [1.82, 2.24) is 0 Å². The number of halogens is 2. The van der Waals surface area contributed by atoms with Crippen LogP contribution in [0.15, 0.2) is 18.2 Å². The quantitative estimate of drug-likeness (QED) is 0.587. The van der Waals surface area contributed by atoms with Crippen molar-refractivity contribution >= 4 is 29.3 Å². The summed E-state index contributed by atoms with van der Waals surface area (Å²) in [5.74, 6) is -1.86. The molecule has 0 saturated carbocycles. The molecule has 0 saturated heterocycles. The molecule has 0 fully saturated rings. The van der Waals surface area contributed by atoms with E-state index in [1.54, 1.807) is 0 Å². The highest BCUT2D eigenvalue weighted by atomic mass is 35.5. The molecule has 0 unspecified atom stereocenters. The zero-order valence-corrected chi connectivity index (χ0v) is 7.75. The normalized spacial score (nSPS) is 10.7. The fourth-order valence-electron chi connectivity index (χ4n) is 0.869. The highest BCUT2D eigenvalue weighted by Crippen LogP contribution is 2.25. The lowest BCUT2D eigenvalue weighted by Crippen LogP contribution is -1.93. The predicted molar refractivity (Wildman–Crippen MR) is 52.5 cm³/mol. The fourth-order valence-corrected chi connectivity index (χ4v) is 1.10. The second kappa shape index (κ2) is 4.11. The van der Waals surface area contributed by atoms with Crippen molar-refractivity contribution in [2.75, 3.05) is 5.73 Å². The van der Waals surface area contributed by atoms with Gasteiger partial charge in [-0.1, -0.05) is 17.7 Å². The Morgan fingerprint density at radius 1 is 1.57 bits per heavy atom. The van der Waals surface area contributed by atoms with Crippen LogP contribution in [0.5, 0.6) is 0 Å². The number of benzene rings is 1. The summed E-state index contributed by atoms with van der Waals surface area (Å²) in [6.45, 7) is 0. The van der Waals surface area contributed by atoms with Crippen molar-refractivity contribution in [2.24, 2.45) is 0 Å². The van der Waals surface area contributed by atoms with E-state index < -0.39 is 11.8 Å². The third-order valence-corrected chi connectivity index (χ3v) is 1.93. The lowest BCUT2D eigenvalue weighted by molar-refractivity contribution is -0.131. The van der Waals surface area contributed by atoms with Gasteiger partial charge in [-0.05, 0) is 17.7 Å². The molecule has 0 amide bonds. The van der Waals surface area contributed by atoms with Crippen LogP contribution < -0.4 is 5.73 Å². The number of nitrogen functional groups attached to an aromatic ring is 1. The van der Waals surface area contributed by atoms with Gasteiger partial charge in [0.25, 0.3) is 0 Å². The maximum atomic E-state index is 13.1. The van der Waals surface area contributed by atoms with E-state index in [0.717, 1.165) is 6.08 Å². The average molecular weight is 216 g/mol. The Kier molecular flexibility index (Phi) is 3.09. The van der Waals surface area contributed by atoms with Crippen LogP contribution in [-0.2, 0) is 4.79 Å². The van der Waals surface area contributed by atoms with Gasteiger partial charge in [-0.25, -0.2) is 9.18 Å². The van der Waals surface area contributed by atoms with Crippen molar-refractivity contribution in [3.05, 3.63) is 34.6 Å². The van der Waals surface area contributed by atoms with Gasteiger partial charge in [0.1, 0.15) is 0 Å². The first-order chi connectivity index (χ1) is 6.52. The molecule has 14 heavy (non-hydrogen) atoms. The zero-order chi connectivity index (χ0) is 10.7. The van der Waals surface area contributed by atoms with Crippen molar-refractivity contribution in [2.45, 2.75) is 0 Å². The largest absolute Gasteiger partial charge is 0.478 e. The SMILES string of the molecule is Nc1ccc(C=CC(=O)O)c(Cl)c1F. The Morgan fingerprint density at radius 2 is 2.21 bits per heavy atom. The molecule has 3 nitrogen and oxygen atoms in total. The van der Waals surface area contributed by atoms with Gasteiger partial charge in [0, 0.05) is 6.08 Å². The van der Waals surface area contributed by atoms with Crippen LogP contribution in [0.3, 0.4) is 0 Å². The van der Waals surface area contributed by atoms with Gasteiger partial charge >= 0.3 is 5.97 Å². The highest BCUT2D eigenvalue weighted by molar-refractivity contribution is 6.32. The molecule has 0 aromatic heterocycles. The number of hydrogen-bond acceptors (Lipinski definition) is 2. The van der Waals surface area contributed by atoms with E-state index >= 15 is 0 Å². The van der Waals surface area contributed by atoms with Crippen LogP contribution in [0, 0.1) is 5.82 Å².